The summed E-state index contributed by atoms with van der Waals surface area (Å²) in [4.78, 5) is 19.3. The van der Waals surface area contributed by atoms with E-state index in [9.17, 15) is 4.79 Å². The number of para-hydroxylation sites is 1. The van der Waals surface area contributed by atoms with E-state index < -0.39 is 0 Å². The average Bonchev–Trinajstić information content (AvgIpc) is 3.29. The molecule has 0 spiro atoms. The highest BCUT2D eigenvalue weighted by Crippen LogP contribution is 2.31. The lowest BCUT2D eigenvalue weighted by Crippen LogP contribution is -2.29. The number of aromatic nitrogens is 1. The lowest BCUT2D eigenvalue weighted by molar-refractivity contribution is 0.103. The molecular formula is C29H37ClN2O2. The van der Waals surface area contributed by atoms with Crippen LogP contribution in [-0.4, -0.2) is 41.9 Å². The molecule has 5 heteroatoms. The van der Waals surface area contributed by atoms with Crippen molar-refractivity contribution in [1.82, 2.24) is 9.88 Å². The molecular weight excluding hydrogens is 444 g/mol. The smallest absolute Gasteiger partial charge is 0.196 e. The summed E-state index contributed by atoms with van der Waals surface area (Å²) in [7, 11) is 0. The van der Waals surface area contributed by atoms with Gasteiger partial charge in [-0.15, -0.1) is 12.4 Å². The predicted octanol–water partition coefficient (Wildman–Crippen LogP) is 7.28. The van der Waals surface area contributed by atoms with Crippen LogP contribution in [0.3, 0.4) is 0 Å². The topological polar surface area (TPSA) is 45.3 Å². The molecule has 0 amide bonds. The van der Waals surface area contributed by atoms with Gasteiger partial charge in [-0.05, 0) is 61.7 Å². The van der Waals surface area contributed by atoms with Crippen LogP contribution in [0.4, 0.5) is 0 Å². The molecule has 0 radical (unpaired) electrons. The predicted molar refractivity (Wildman–Crippen MR) is 144 cm³/mol. The SMILES string of the molecule is CCCCCCN1CC=C(c2c[nH]c3ccc(C(=O)c4ccccc4OCCC)cc23)CC1.Cl. The molecule has 1 aromatic heterocycles. The van der Waals surface area contributed by atoms with Crippen molar-refractivity contribution in [3.63, 3.8) is 0 Å². The molecule has 0 saturated carbocycles. The largest absolute Gasteiger partial charge is 0.493 e. The Morgan fingerprint density at radius 1 is 1.06 bits per heavy atom. The number of carbonyl (C=O) groups excluding carboxylic acids is 1. The lowest BCUT2D eigenvalue weighted by Gasteiger charge is -2.26. The minimum atomic E-state index is 0. The molecule has 0 aliphatic carbocycles. The van der Waals surface area contributed by atoms with Crippen molar-refractivity contribution in [2.75, 3.05) is 26.2 Å². The second kappa shape index (κ2) is 12.8. The van der Waals surface area contributed by atoms with E-state index in [0.717, 1.165) is 36.8 Å². The number of ether oxygens (including phenoxy) is 1. The van der Waals surface area contributed by atoms with Crippen molar-refractivity contribution in [2.45, 2.75) is 52.4 Å². The summed E-state index contributed by atoms with van der Waals surface area (Å²) in [6.45, 7) is 8.23. The van der Waals surface area contributed by atoms with Gasteiger partial charge < -0.3 is 9.72 Å². The van der Waals surface area contributed by atoms with Gasteiger partial charge in [0.15, 0.2) is 5.78 Å². The molecule has 1 aliphatic rings. The van der Waals surface area contributed by atoms with Gasteiger partial charge in [0, 0.05) is 41.3 Å². The van der Waals surface area contributed by atoms with Gasteiger partial charge in [-0.3, -0.25) is 9.69 Å². The maximum Gasteiger partial charge on any atom is 0.196 e. The number of H-pyrrole nitrogens is 1. The standard InChI is InChI=1S/C29H36N2O2.ClH/c1-3-5-6-9-16-31-17-14-22(15-18-31)26-21-30-27-13-12-23(20-25(26)27)29(32)24-10-7-8-11-28(24)33-19-4-2;/h7-8,10-14,20-21,30H,3-6,9,15-19H2,1-2H3;1H. The maximum absolute atomic E-state index is 13.4. The van der Waals surface area contributed by atoms with Crippen molar-refractivity contribution in [3.05, 3.63) is 71.4 Å². The second-order valence-electron chi connectivity index (χ2n) is 8.98. The summed E-state index contributed by atoms with van der Waals surface area (Å²) in [5.74, 6) is 0.666. The van der Waals surface area contributed by atoms with E-state index in [1.807, 2.05) is 42.5 Å². The van der Waals surface area contributed by atoms with Crippen LogP contribution in [-0.2, 0) is 0 Å². The van der Waals surface area contributed by atoms with Gasteiger partial charge in [0.05, 0.1) is 12.2 Å². The zero-order valence-electron chi connectivity index (χ0n) is 20.4. The average molecular weight is 481 g/mol. The normalized spacial score (nSPS) is 14.0. The fraction of sp³-hybridized carbons (Fsp3) is 0.414. The molecule has 4 rings (SSSR count). The molecule has 0 fully saturated rings. The molecule has 1 aliphatic heterocycles. The summed E-state index contributed by atoms with van der Waals surface area (Å²) in [6.07, 6.45) is 11.7. The third-order valence-corrected chi connectivity index (χ3v) is 6.50. The highest BCUT2D eigenvalue weighted by Gasteiger charge is 2.18. The Kier molecular flexibility index (Phi) is 9.79. The third kappa shape index (κ3) is 6.11. The Morgan fingerprint density at radius 3 is 2.68 bits per heavy atom. The molecule has 1 N–H and O–H groups in total. The van der Waals surface area contributed by atoms with Crippen molar-refractivity contribution >= 4 is 34.7 Å². The van der Waals surface area contributed by atoms with Crippen molar-refractivity contribution in [2.24, 2.45) is 0 Å². The molecule has 0 bridgehead atoms. The number of aromatic amines is 1. The summed E-state index contributed by atoms with van der Waals surface area (Å²) < 4.78 is 5.83. The van der Waals surface area contributed by atoms with Crippen molar-refractivity contribution in [1.29, 1.82) is 0 Å². The molecule has 0 atom stereocenters. The van der Waals surface area contributed by atoms with E-state index in [2.05, 4.69) is 36.0 Å². The van der Waals surface area contributed by atoms with Crippen LogP contribution in [0.1, 0.15) is 73.9 Å². The van der Waals surface area contributed by atoms with Crippen LogP contribution in [0, 0.1) is 0 Å². The summed E-state index contributed by atoms with van der Waals surface area (Å²) in [5, 5.41) is 1.12. The van der Waals surface area contributed by atoms with E-state index in [1.165, 1.54) is 43.4 Å². The number of hydrogen-bond donors (Lipinski definition) is 1. The van der Waals surface area contributed by atoms with Gasteiger partial charge in [0.1, 0.15) is 5.75 Å². The van der Waals surface area contributed by atoms with E-state index in [0.29, 0.717) is 23.5 Å². The quantitative estimate of drug-likeness (QED) is 0.231. The first-order chi connectivity index (χ1) is 16.2. The van der Waals surface area contributed by atoms with Gasteiger partial charge >= 0.3 is 0 Å². The first kappa shape index (κ1) is 26.1. The van der Waals surface area contributed by atoms with Crippen LogP contribution in [0.25, 0.3) is 16.5 Å². The number of ketones is 1. The summed E-state index contributed by atoms with van der Waals surface area (Å²) in [5.41, 5.74) is 4.99. The lowest BCUT2D eigenvalue weighted by atomic mass is 9.96. The van der Waals surface area contributed by atoms with Gasteiger partial charge in [-0.2, -0.15) is 0 Å². The summed E-state index contributed by atoms with van der Waals surface area (Å²) in [6, 6.07) is 13.5. The first-order valence-electron chi connectivity index (χ1n) is 12.5. The highest BCUT2D eigenvalue weighted by molar-refractivity contribution is 6.12. The van der Waals surface area contributed by atoms with Crippen LogP contribution in [0.2, 0.25) is 0 Å². The Balaban J connectivity index is 0.00000324. The number of fused-ring (bicyclic) bond motifs is 1. The van der Waals surface area contributed by atoms with Crippen LogP contribution in [0.15, 0.2) is 54.7 Å². The number of rotatable bonds is 11. The van der Waals surface area contributed by atoms with Crippen molar-refractivity contribution in [3.8, 4) is 5.75 Å². The number of nitrogens with zero attached hydrogens (tertiary/aromatic N) is 1. The first-order valence-corrected chi connectivity index (χ1v) is 12.5. The number of carbonyl (C=O) groups is 1. The van der Waals surface area contributed by atoms with Gasteiger partial charge in [-0.25, -0.2) is 0 Å². The zero-order chi connectivity index (χ0) is 23.0. The molecule has 2 heterocycles. The minimum Gasteiger partial charge on any atom is -0.493 e. The van der Waals surface area contributed by atoms with Gasteiger partial charge in [0.25, 0.3) is 0 Å². The molecule has 0 saturated heterocycles. The Bertz CT molecular complexity index is 1120. The molecule has 182 valence electrons. The maximum atomic E-state index is 13.4. The number of halogens is 1. The number of benzene rings is 2. The monoisotopic (exact) mass is 480 g/mol. The highest BCUT2D eigenvalue weighted by atomic mass is 35.5. The Hall–Kier alpha value is -2.56. The van der Waals surface area contributed by atoms with Crippen LogP contribution in [0.5, 0.6) is 5.75 Å². The number of unbranched alkanes of at least 4 members (excludes halogenated alkanes) is 3. The van der Waals surface area contributed by atoms with Gasteiger partial charge in [0.2, 0.25) is 0 Å². The number of hydrogen-bond acceptors (Lipinski definition) is 3. The molecule has 0 unspecified atom stereocenters. The van der Waals surface area contributed by atoms with E-state index in [-0.39, 0.29) is 18.2 Å². The molecule has 4 nitrogen and oxygen atoms in total. The summed E-state index contributed by atoms with van der Waals surface area (Å²) >= 11 is 0. The Labute approximate surface area is 209 Å². The fourth-order valence-electron chi connectivity index (χ4n) is 4.60. The fourth-order valence-corrected chi connectivity index (χ4v) is 4.60. The minimum absolute atomic E-state index is 0. The molecule has 34 heavy (non-hydrogen) atoms. The zero-order valence-corrected chi connectivity index (χ0v) is 21.3. The second-order valence-corrected chi connectivity index (χ2v) is 8.98. The third-order valence-electron chi connectivity index (χ3n) is 6.50. The molecule has 2 aromatic carbocycles. The van der Waals surface area contributed by atoms with E-state index in [1.54, 1.807) is 0 Å². The number of nitrogens with one attached hydrogen (secondary N) is 1. The van der Waals surface area contributed by atoms with Crippen molar-refractivity contribution < 1.29 is 9.53 Å². The van der Waals surface area contributed by atoms with E-state index >= 15 is 0 Å². The molecule has 3 aromatic rings. The van der Waals surface area contributed by atoms with Crippen LogP contribution < -0.4 is 4.74 Å². The Morgan fingerprint density at radius 2 is 1.91 bits per heavy atom. The van der Waals surface area contributed by atoms with E-state index in [4.69, 9.17) is 4.74 Å². The van der Waals surface area contributed by atoms with Gasteiger partial charge in [-0.1, -0.05) is 51.3 Å². The van der Waals surface area contributed by atoms with Crippen LogP contribution >= 0.6 is 12.4 Å².